The first kappa shape index (κ1) is 20.4. The number of hydrazone groups is 1. The summed E-state index contributed by atoms with van der Waals surface area (Å²) < 4.78 is 2.88. The van der Waals surface area contributed by atoms with Gasteiger partial charge in [-0.1, -0.05) is 29.8 Å². The summed E-state index contributed by atoms with van der Waals surface area (Å²) in [6.07, 6.45) is 1.76. The fraction of sp³-hybridized carbons (Fsp3) is 0.182. The molecule has 1 aliphatic rings. The molecule has 0 unspecified atom stereocenters. The maximum atomic E-state index is 6.17. The topological polar surface area (TPSA) is 59.2 Å². The number of hydrogen-bond donors (Lipinski definition) is 0. The molecule has 0 spiro atoms. The summed E-state index contributed by atoms with van der Waals surface area (Å²) in [6.45, 7) is 6.74. The van der Waals surface area contributed by atoms with Crippen LogP contribution in [0.4, 0.5) is 5.95 Å². The van der Waals surface area contributed by atoms with E-state index in [0.717, 1.165) is 37.8 Å². The molecule has 3 aromatic heterocycles. The Morgan fingerprint density at radius 2 is 1.84 bits per heavy atom. The fourth-order valence-electron chi connectivity index (χ4n) is 3.63. The second-order valence-electron chi connectivity index (χ2n) is 7.31. The van der Waals surface area contributed by atoms with Crippen molar-refractivity contribution < 1.29 is 0 Å². The summed E-state index contributed by atoms with van der Waals surface area (Å²) in [7, 11) is 0. The van der Waals surface area contributed by atoms with Crippen LogP contribution in [0, 0.1) is 20.8 Å². The number of pyridine rings is 1. The highest BCUT2D eigenvalue weighted by molar-refractivity contribution is 9.10. The molecule has 5 rings (SSSR count). The number of aryl methyl sites for hydroxylation is 2. The minimum absolute atomic E-state index is 0.497. The van der Waals surface area contributed by atoms with Crippen molar-refractivity contribution in [3.05, 3.63) is 85.2 Å². The van der Waals surface area contributed by atoms with Crippen LogP contribution in [0.1, 0.15) is 33.0 Å². The largest absolute Gasteiger partial charge is 0.254 e. The average molecular weight is 514 g/mol. The lowest BCUT2D eigenvalue weighted by atomic mass is 10.00. The molecule has 6 nitrogen and oxygen atoms in total. The van der Waals surface area contributed by atoms with Crippen molar-refractivity contribution in [2.24, 2.45) is 5.10 Å². The van der Waals surface area contributed by atoms with Gasteiger partial charge in [-0.15, -0.1) is 21.5 Å². The van der Waals surface area contributed by atoms with Crippen molar-refractivity contribution in [1.29, 1.82) is 0 Å². The lowest BCUT2D eigenvalue weighted by Crippen LogP contribution is -2.21. The van der Waals surface area contributed by atoms with E-state index in [1.807, 2.05) is 48.3 Å². The Labute approximate surface area is 197 Å². The minimum atomic E-state index is 0.497. The first-order valence-electron chi connectivity index (χ1n) is 9.68. The van der Waals surface area contributed by atoms with Crippen molar-refractivity contribution in [3.63, 3.8) is 0 Å². The monoisotopic (exact) mass is 512 g/mol. The molecule has 1 aliphatic heterocycles. The van der Waals surface area contributed by atoms with Crippen LogP contribution in [-0.2, 0) is 6.54 Å². The number of anilines is 1. The number of halogens is 2. The maximum Gasteiger partial charge on any atom is 0.253 e. The van der Waals surface area contributed by atoms with Crippen LogP contribution in [0.3, 0.4) is 0 Å². The Bertz CT molecular complexity index is 1320. The molecule has 4 heterocycles. The van der Waals surface area contributed by atoms with Crippen molar-refractivity contribution in [3.8, 4) is 5.00 Å². The van der Waals surface area contributed by atoms with Gasteiger partial charge in [-0.3, -0.25) is 4.57 Å². The zero-order valence-corrected chi connectivity index (χ0v) is 20.3. The lowest BCUT2D eigenvalue weighted by Gasteiger charge is -2.18. The summed E-state index contributed by atoms with van der Waals surface area (Å²) in [4.78, 5) is 5.60. The smallest absolute Gasteiger partial charge is 0.253 e. The molecule has 0 N–H and O–H groups in total. The highest BCUT2D eigenvalue weighted by Gasteiger charge is 2.30. The van der Waals surface area contributed by atoms with E-state index in [1.54, 1.807) is 17.5 Å². The third-order valence-electron chi connectivity index (χ3n) is 5.34. The third kappa shape index (κ3) is 3.48. The van der Waals surface area contributed by atoms with Gasteiger partial charge >= 0.3 is 0 Å². The maximum absolute atomic E-state index is 6.17. The number of nitrogens with zero attached hydrogens (tertiary/aromatic N) is 6. The van der Waals surface area contributed by atoms with Gasteiger partial charge in [0.2, 0.25) is 0 Å². The van der Waals surface area contributed by atoms with Crippen molar-refractivity contribution in [2.45, 2.75) is 27.3 Å². The van der Waals surface area contributed by atoms with E-state index in [-0.39, 0.29) is 0 Å². The molecule has 1 aromatic carbocycles. The molecular formula is C22H18BrClN6S. The number of aromatic nitrogens is 4. The number of hydrogen-bond acceptors (Lipinski definition) is 6. The van der Waals surface area contributed by atoms with Gasteiger partial charge in [-0.2, -0.15) is 5.10 Å². The number of thiophene rings is 1. The SMILES string of the molecule is Cc1sc2c(c1C)C(c1ccc(Cl)cc1)=NN(Cc1cccnc1Br)c1nnc(C)n1-2. The molecule has 31 heavy (non-hydrogen) atoms. The van der Waals surface area contributed by atoms with E-state index >= 15 is 0 Å². The molecule has 0 bridgehead atoms. The number of rotatable bonds is 3. The fourth-order valence-corrected chi connectivity index (χ4v) is 5.34. The molecule has 0 amide bonds. The molecular weight excluding hydrogens is 496 g/mol. The van der Waals surface area contributed by atoms with Crippen LogP contribution in [0.5, 0.6) is 0 Å². The van der Waals surface area contributed by atoms with Gasteiger partial charge in [0.15, 0.2) is 0 Å². The van der Waals surface area contributed by atoms with Crippen molar-refractivity contribution in [1.82, 2.24) is 19.7 Å². The Kier molecular flexibility index (Phi) is 5.16. The van der Waals surface area contributed by atoms with E-state index in [9.17, 15) is 0 Å². The number of fused-ring (bicyclic) bond motifs is 3. The van der Waals surface area contributed by atoms with Gasteiger partial charge in [0.25, 0.3) is 5.95 Å². The Morgan fingerprint density at radius 1 is 1.06 bits per heavy atom. The van der Waals surface area contributed by atoms with Crippen LogP contribution in [0.15, 0.2) is 52.3 Å². The standard InChI is InChI=1S/C22H18BrClN6S/c1-12-13(2)31-21-18(12)19(15-6-8-17(24)9-7-15)28-29(22-27-26-14(3)30(21)22)11-16-5-4-10-25-20(16)23/h4-10H,11H2,1-3H3. The Balaban J connectivity index is 1.77. The lowest BCUT2D eigenvalue weighted by molar-refractivity contribution is 0.792. The van der Waals surface area contributed by atoms with E-state index in [1.165, 1.54) is 10.4 Å². The molecule has 0 saturated heterocycles. The van der Waals surface area contributed by atoms with Gasteiger partial charge in [0.1, 0.15) is 21.1 Å². The first-order chi connectivity index (χ1) is 14.9. The van der Waals surface area contributed by atoms with Crippen LogP contribution < -0.4 is 5.01 Å². The molecule has 0 atom stereocenters. The summed E-state index contributed by atoms with van der Waals surface area (Å²) in [5.41, 5.74) is 5.20. The van der Waals surface area contributed by atoms with Crippen LogP contribution in [-0.4, -0.2) is 25.5 Å². The molecule has 0 saturated carbocycles. The van der Waals surface area contributed by atoms with Crippen molar-refractivity contribution in [2.75, 3.05) is 5.01 Å². The molecule has 4 aromatic rings. The van der Waals surface area contributed by atoms with Gasteiger partial charge in [-0.25, -0.2) is 9.99 Å². The van der Waals surface area contributed by atoms with Crippen LogP contribution >= 0.6 is 38.9 Å². The van der Waals surface area contributed by atoms with Crippen molar-refractivity contribution >= 4 is 50.5 Å². The average Bonchev–Trinajstić information content (AvgIpc) is 3.22. The summed E-state index contributed by atoms with van der Waals surface area (Å²) in [6, 6.07) is 11.8. The predicted molar refractivity (Wildman–Crippen MR) is 129 cm³/mol. The van der Waals surface area contributed by atoms with E-state index in [4.69, 9.17) is 16.7 Å². The molecule has 0 radical (unpaired) electrons. The Hall–Kier alpha value is -2.55. The van der Waals surface area contributed by atoms with Gasteiger partial charge in [-0.05, 0) is 60.5 Å². The van der Waals surface area contributed by atoms with Crippen LogP contribution in [0.25, 0.3) is 5.00 Å². The Morgan fingerprint density at radius 3 is 2.58 bits per heavy atom. The van der Waals surface area contributed by atoms with Gasteiger partial charge in [0, 0.05) is 32.8 Å². The summed E-state index contributed by atoms with van der Waals surface area (Å²) in [5, 5.41) is 17.6. The van der Waals surface area contributed by atoms with E-state index < -0.39 is 0 Å². The van der Waals surface area contributed by atoms with E-state index in [2.05, 4.69) is 49.5 Å². The molecule has 0 aliphatic carbocycles. The van der Waals surface area contributed by atoms with Crippen LogP contribution in [0.2, 0.25) is 5.02 Å². The highest BCUT2D eigenvalue weighted by Crippen LogP contribution is 2.38. The summed E-state index contributed by atoms with van der Waals surface area (Å²) in [5.74, 6) is 1.50. The predicted octanol–water partition coefficient (Wildman–Crippen LogP) is 5.84. The second kappa shape index (κ2) is 7.85. The second-order valence-corrected chi connectivity index (χ2v) is 9.70. The third-order valence-corrected chi connectivity index (χ3v) is 7.50. The molecule has 9 heteroatoms. The minimum Gasteiger partial charge on any atom is -0.254 e. The molecule has 0 fully saturated rings. The zero-order valence-electron chi connectivity index (χ0n) is 17.1. The quantitative estimate of drug-likeness (QED) is 0.323. The zero-order chi connectivity index (χ0) is 21.7. The number of benzene rings is 1. The molecule has 156 valence electrons. The van der Waals surface area contributed by atoms with Gasteiger partial charge < -0.3 is 0 Å². The van der Waals surface area contributed by atoms with Gasteiger partial charge in [0.05, 0.1) is 6.54 Å². The first-order valence-corrected chi connectivity index (χ1v) is 11.7. The summed E-state index contributed by atoms with van der Waals surface area (Å²) >= 11 is 11.5. The normalized spacial score (nSPS) is 12.9. The highest BCUT2D eigenvalue weighted by atomic mass is 79.9. The van der Waals surface area contributed by atoms with E-state index in [0.29, 0.717) is 17.5 Å².